The fourth-order valence-electron chi connectivity index (χ4n) is 4.19. The first-order chi connectivity index (χ1) is 14.2. The second-order valence-electron chi connectivity index (χ2n) is 7.77. The van der Waals surface area contributed by atoms with E-state index in [0.717, 1.165) is 34.4 Å². The van der Waals surface area contributed by atoms with Crippen LogP contribution in [0.15, 0.2) is 48.5 Å². The maximum atomic E-state index is 13.1. The largest absolute Gasteiger partial charge is 0.324 e. The lowest BCUT2D eigenvalue weighted by Gasteiger charge is -2.29. The van der Waals surface area contributed by atoms with Gasteiger partial charge < -0.3 is 5.32 Å². The van der Waals surface area contributed by atoms with Gasteiger partial charge in [-0.3, -0.25) is 9.10 Å². The van der Waals surface area contributed by atoms with Gasteiger partial charge in [-0.25, -0.2) is 8.42 Å². The third kappa shape index (κ3) is 3.66. The van der Waals surface area contributed by atoms with Gasteiger partial charge in [0.05, 0.1) is 11.9 Å². The molecule has 30 heavy (non-hydrogen) atoms. The molecule has 0 bridgehead atoms. The zero-order valence-electron chi connectivity index (χ0n) is 17.1. The molecule has 0 aromatic heterocycles. The highest BCUT2D eigenvalue weighted by molar-refractivity contribution is 7.92. The molecule has 0 saturated heterocycles. The van der Waals surface area contributed by atoms with E-state index in [1.165, 1.54) is 16.5 Å². The van der Waals surface area contributed by atoms with E-state index in [2.05, 4.69) is 11.4 Å². The lowest BCUT2D eigenvalue weighted by atomic mass is 10.0. The SMILES string of the molecule is Cc1ccc(Cl)cc1N(C(C)C(=O)Nc1ccc2c3c(cccc13)CC2)S(C)(=O)=O. The molecule has 7 heteroatoms. The molecule has 3 aromatic carbocycles. The number of anilines is 2. The summed E-state index contributed by atoms with van der Waals surface area (Å²) >= 11 is 6.10. The molecule has 0 heterocycles. The highest BCUT2D eigenvalue weighted by Gasteiger charge is 2.31. The summed E-state index contributed by atoms with van der Waals surface area (Å²) in [4.78, 5) is 13.1. The van der Waals surface area contributed by atoms with Gasteiger partial charge in [-0.15, -0.1) is 0 Å². The van der Waals surface area contributed by atoms with Crippen LogP contribution in [0, 0.1) is 6.92 Å². The first-order valence-electron chi connectivity index (χ1n) is 9.76. The minimum absolute atomic E-state index is 0.396. The Kier molecular flexibility index (Phi) is 5.24. The van der Waals surface area contributed by atoms with Crippen LogP contribution in [0.2, 0.25) is 5.02 Å². The van der Waals surface area contributed by atoms with Crippen LogP contribution in [-0.2, 0) is 27.7 Å². The summed E-state index contributed by atoms with van der Waals surface area (Å²) in [5.41, 5.74) is 4.35. The van der Waals surface area contributed by atoms with Crippen LogP contribution in [0.3, 0.4) is 0 Å². The Bertz CT molecular complexity index is 1260. The van der Waals surface area contributed by atoms with Crippen molar-refractivity contribution in [3.63, 3.8) is 0 Å². The molecular formula is C23H23ClN2O3S. The molecule has 1 aliphatic rings. The highest BCUT2D eigenvalue weighted by Crippen LogP contribution is 2.35. The average Bonchev–Trinajstić information content (AvgIpc) is 3.10. The molecule has 1 amide bonds. The maximum Gasteiger partial charge on any atom is 0.248 e. The number of hydrogen-bond donors (Lipinski definition) is 1. The molecule has 0 saturated carbocycles. The molecule has 1 unspecified atom stereocenters. The van der Waals surface area contributed by atoms with Gasteiger partial charge in [0.2, 0.25) is 15.9 Å². The fraction of sp³-hybridized carbons (Fsp3) is 0.261. The van der Waals surface area contributed by atoms with Crippen molar-refractivity contribution in [3.05, 3.63) is 70.2 Å². The number of hydrogen-bond acceptors (Lipinski definition) is 3. The second-order valence-corrected chi connectivity index (χ2v) is 10.1. The third-order valence-electron chi connectivity index (χ3n) is 5.63. The average molecular weight is 443 g/mol. The maximum absolute atomic E-state index is 13.1. The van der Waals surface area contributed by atoms with Gasteiger partial charge in [0.1, 0.15) is 6.04 Å². The molecule has 1 atom stereocenters. The van der Waals surface area contributed by atoms with Crippen LogP contribution < -0.4 is 9.62 Å². The normalized spacial score (nSPS) is 14.0. The van der Waals surface area contributed by atoms with Crippen LogP contribution in [0.25, 0.3) is 10.8 Å². The van der Waals surface area contributed by atoms with Gasteiger partial charge in [-0.05, 0) is 67.0 Å². The zero-order valence-corrected chi connectivity index (χ0v) is 18.6. The van der Waals surface area contributed by atoms with E-state index < -0.39 is 22.0 Å². The number of carbonyl (C=O) groups excluding carboxylic acids is 1. The van der Waals surface area contributed by atoms with E-state index in [9.17, 15) is 13.2 Å². The minimum atomic E-state index is -3.73. The van der Waals surface area contributed by atoms with Crippen LogP contribution in [0.4, 0.5) is 11.4 Å². The third-order valence-corrected chi connectivity index (χ3v) is 7.09. The minimum Gasteiger partial charge on any atom is -0.324 e. The Labute approximate surface area is 181 Å². The zero-order chi connectivity index (χ0) is 21.6. The number of amides is 1. The smallest absolute Gasteiger partial charge is 0.248 e. The molecule has 156 valence electrons. The summed E-state index contributed by atoms with van der Waals surface area (Å²) in [6.45, 7) is 3.37. The van der Waals surface area contributed by atoms with Gasteiger partial charge in [-0.1, -0.05) is 41.9 Å². The Morgan fingerprint density at radius 1 is 1.10 bits per heavy atom. The fourth-order valence-corrected chi connectivity index (χ4v) is 5.58. The molecule has 5 nitrogen and oxygen atoms in total. The van der Waals surface area contributed by atoms with Crippen molar-refractivity contribution in [1.29, 1.82) is 0 Å². The van der Waals surface area contributed by atoms with Crippen molar-refractivity contribution in [2.75, 3.05) is 15.9 Å². The number of aryl methyl sites for hydroxylation is 3. The lowest BCUT2D eigenvalue weighted by molar-refractivity contribution is -0.116. The standard InChI is InChI=1S/C23H23ClN2O3S/c1-14-7-11-18(24)13-21(14)26(30(3,28)29)15(2)23(27)25-20-12-10-17-9-8-16-5-4-6-19(20)22(16)17/h4-7,10-13,15H,8-9H2,1-3H3,(H,25,27). The molecule has 0 aliphatic heterocycles. The number of nitrogens with one attached hydrogen (secondary N) is 1. The van der Waals surface area contributed by atoms with Gasteiger partial charge >= 0.3 is 0 Å². The predicted octanol–water partition coefficient (Wildman–Crippen LogP) is 4.69. The number of carbonyl (C=O) groups is 1. The molecule has 0 spiro atoms. The van der Waals surface area contributed by atoms with Gasteiger partial charge in [0, 0.05) is 16.1 Å². The molecule has 4 rings (SSSR count). The van der Waals surface area contributed by atoms with E-state index in [1.54, 1.807) is 32.0 Å². The lowest BCUT2D eigenvalue weighted by Crippen LogP contribution is -2.45. The van der Waals surface area contributed by atoms with Crippen molar-refractivity contribution in [2.24, 2.45) is 0 Å². The van der Waals surface area contributed by atoms with Crippen molar-refractivity contribution in [1.82, 2.24) is 0 Å². The Hall–Kier alpha value is -2.57. The number of halogens is 1. The molecule has 1 N–H and O–H groups in total. The summed E-state index contributed by atoms with van der Waals surface area (Å²) in [6, 6.07) is 14.1. The molecule has 1 aliphatic carbocycles. The molecule has 0 radical (unpaired) electrons. The van der Waals surface area contributed by atoms with E-state index >= 15 is 0 Å². The quantitative estimate of drug-likeness (QED) is 0.623. The monoisotopic (exact) mass is 442 g/mol. The Morgan fingerprint density at radius 2 is 1.80 bits per heavy atom. The topological polar surface area (TPSA) is 66.5 Å². The number of sulfonamides is 1. The van der Waals surface area contributed by atoms with Crippen LogP contribution in [0.5, 0.6) is 0 Å². The van der Waals surface area contributed by atoms with E-state index in [0.29, 0.717) is 16.4 Å². The van der Waals surface area contributed by atoms with Gasteiger partial charge in [-0.2, -0.15) is 0 Å². The number of rotatable bonds is 5. The van der Waals surface area contributed by atoms with E-state index in [1.807, 2.05) is 24.3 Å². The van der Waals surface area contributed by atoms with E-state index in [4.69, 9.17) is 11.6 Å². The summed E-state index contributed by atoms with van der Waals surface area (Å²) < 4.78 is 26.3. The van der Waals surface area contributed by atoms with Gasteiger partial charge in [0.25, 0.3) is 0 Å². The van der Waals surface area contributed by atoms with Crippen molar-refractivity contribution in [3.8, 4) is 0 Å². The van der Waals surface area contributed by atoms with Crippen LogP contribution in [0.1, 0.15) is 23.6 Å². The summed E-state index contributed by atoms with van der Waals surface area (Å²) in [5, 5.41) is 5.52. The molecule has 0 fully saturated rings. The molecule has 3 aromatic rings. The van der Waals surface area contributed by atoms with Crippen molar-refractivity contribution >= 4 is 49.7 Å². The van der Waals surface area contributed by atoms with Gasteiger partial charge in [0.15, 0.2) is 0 Å². The number of nitrogens with zero attached hydrogens (tertiary/aromatic N) is 1. The predicted molar refractivity (Wildman–Crippen MR) is 123 cm³/mol. The summed E-state index contributed by atoms with van der Waals surface area (Å²) in [6.07, 6.45) is 3.09. The first-order valence-corrected chi connectivity index (χ1v) is 12.0. The highest BCUT2D eigenvalue weighted by atomic mass is 35.5. The Morgan fingerprint density at radius 3 is 2.50 bits per heavy atom. The van der Waals surface area contributed by atoms with Crippen molar-refractivity contribution < 1.29 is 13.2 Å². The molecular weight excluding hydrogens is 420 g/mol. The summed E-state index contributed by atoms with van der Waals surface area (Å²) in [7, 11) is -3.73. The van der Waals surface area contributed by atoms with Crippen LogP contribution in [-0.4, -0.2) is 26.6 Å². The van der Waals surface area contributed by atoms with Crippen molar-refractivity contribution in [2.45, 2.75) is 32.7 Å². The van der Waals surface area contributed by atoms with Crippen LogP contribution >= 0.6 is 11.6 Å². The van der Waals surface area contributed by atoms with E-state index in [-0.39, 0.29) is 0 Å². The number of benzene rings is 3. The second kappa shape index (κ2) is 7.60. The first kappa shape index (κ1) is 20.7. The Balaban J connectivity index is 1.71. The summed E-state index contributed by atoms with van der Waals surface area (Å²) in [5.74, 6) is -0.404.